The van der Waals surface area contributed by atoms with E-state index in [0.29, 0.717) is 0 Å². The second kappa shape index (κ2) is 4.86. The Morgan fingerprint density at radius 3 is 2.91 bits per heavy atom. The van der Waals surface area contributed by atoms with Gasteiger partial charge in [0, 0.05) is 27.5 Å². The molecular formula is C18H17N3OS. The summed E-state index contributed by atoms with van der Waals surface area (Å²) in [6, 6.07) is 8.18. The van der Waals surface area contributed by atoms with Gasteiger partial charge in [-0.15, -0.1) is 11.3 Å². The summed E-state index contributed by atoms with van der Waals surface area (Å²) in [4.78, 5) is 17.4. The highest BCUT2D eigenvalue weighted by Gasteiger charge is 2.32. The molecule has 1 atom stereocenters. The lowest BCUT2D eigenvalue weighted by Crippen LogP contribution is -2.38. The zero-order chi connectivity index (χ0) is 15.4. The Morgan fingerprint density at radius 1 is 1.09 bits per heavy atom. The molecule has 116 valence electrons. The maximum Gasteiger partial charge on any atom is 0.256 e. The number of aromatic nitrogens is 1. The molecule has 2 aromatic heterocycles. The summed E-state index contributed by atoms with van der Waals surface area (Å²) in [6.45, 7) is 0. The van der Waals surface area contributed by atoms with Crippen molar-refractivity contribution in [3.63, 3.8) is 0 Å². The molecule has 3 heterocycles. The first-order chi connectivity index (χ1) is 11.3. The molecule has 0 fully saturated rings. The number of amides is 1. The van der Waals surface area contributed by atoms with Crippen molar-refractivity contribution < 1.29 is 4.79 Å². The van der Waals surface area contributed by atoms with Gasteiger partial charge in [-0.3, -0.25) is 4.79 Å². The highest BCUT2D eigenvalue weighted by atomic mass is 32.1. The van der Waals surface area contributed by atoms with Crippen LogP contribution in [0.5, 0.6) is 0 Å². The third kappa shape index (κ3) is 1.93. The number of fused-ring (bicyclic) bond motifs is 4. The predicted molar refractivity (Wildman–Crippen MR) is 93.1 cm³/mol. The summed E-state index contributed by atoms with van der Waals surface area (Å²) in [5.74, 6) is 0.0634. The van der Waals surface area contributed by atoms with Gasteiger partial charge in [-0.1, -0.05) is 18.2 Å². The first-order valence-corrected chi connectivity index (χ1v) is 8.91. The molecule has 0 bridgehead atoms. The first-order valence-electron chi connectivity index (χ1n) is 8.09. The van der Waals surface area contributed by atoms with Gasteiger partial charge in [-0.05, 0) is 37.3 Å². The third-order valence-electron chi connectivity index (χ3n) is 4.88. The van der Waals surface area contributed by atoms with Crippen LogP contribution in [0.25, 0.3) is 10.9 Å². The number of aryl methyl sites for hydroxylation is 1. The minimum Gasteiger partial charge on any atom is -0.361 e. The molecule has 1 amide bonds. The highest BCUT2D eigenvalue weighted by Crippen LogP contribution is 2.42. The fourth-order valence-electron chi connectivity index (χ4n) is 3.77. The molecule has 0 unspecified atom stereocenters. The number of H-pyrrole nitrogens is 1. The Balaban J connectivity index is 1.58. The van der Waals surface area contributed by atoms with Crippen LogP contribution in [0.4, 0.5) is 5.00 Å². The molecule has 1 aliphatic carbocycles. The largest absolute Gasteiger partial charge is 0.361 e. The maximum absolute atomic E-state index is 12.7. The van der Waals surface area contributed by atoms with Crippen molar-refractivity contribution in [2.24, 2.45) is 0 Å². The summed E-state index contributed by atoms with van der Waals surface area (Å²) in [7, 11) is 0. The Kier molecular flexibility index (Phi) is 2.79. The number of nitrogens with one attached hydrogen (secondary N) is 3. The van der Waals surface area contributed by atoms with E-state index in [1.54, 1.807) is 11.3 Å². The Morgan fingerprint density at radius 2 is 1.96 bits per heavy atom. The first kappa shape index (κ1) is 13.2. The zero-order valence-electron chi connectivity index (χ0n) is 12.6. The number of para-hydroxylation sites is 1. The molecule has 23 heavy (non-hydrogen) atoms. The van der Waals surface area contributed by atoms with E-state index in [4.69, 9.17) is 0 Å². The van der Waals surface area contributed by atoms with E-state index >= 15 is 0 Å². The number of carbonyl (C=O) groups excluding carboxylic acids is 1. The number of anilines is 1. The number of hydrogen-bond donors (Lipinski definition) is 3. The monoisotopic (exact) mass is 323 g/mol. The molecule has 0 saturated carbocycles. The van der Waals surface area contributed by atoms with Gasteiger partial charge in [0.25, 0.3) is 5.91 Å². The Bertz CT molecular complexity index is 924. The molecule has 0 spiro atoms. The molecule has 5 rings (SSSR count). The molecule has 0 radical (unpaired) electrons. The molecule has 3 N–H and O–H groups in total. The van der Waals surface area contributed by atoms with Crippen LogP contribution in [0.3, 0.4) is 0 Å². The lowest BCUT2D eigenvalue weighted by molar-refractivity contribution is 0.0935. The van der Waals surface area contributed by atoms with Gasteiger partial charge in [0.2, 0.25) is 0 Å². The number of aromatic amines is 1. The minimum absolute atomic E-state index is 0.0634. The summed E-state index contributed by atoms with van der Waals surface area (Å²) < 4.78 is 0. The minimum atomic E-state index is -0.175. The van der Waals surface area contributed by atoms with Crippen LogP contribution in [0.1, 0.15) is 45.4 Å². The van der Waals surface area contributed by atoms with Crippen LogP contribution in [0, 0.1) is 0 Å². The highest BCUT2D eigenvalue weighted by molar-refractivity contribution is 7.16. The predicted octanol–water partition coefficient (Wildman–Crippen LogP) is 3.96. The SMILES string of the molecule is O=C1N[C@@H](c2c[nH]c3ccccc23)Nc2sc3c(c21)CCCC3. The van der Waals surface area contributed by atoms with E-state index in [2.05, 4.69) is 27.8 Å². The van der Waals surface area contributed by atoms with E-state index in [-0.39, 0.29) is 12.1 Å². The number of rotatable bonds is 1. The normalized spacial score (nSPS) is 19.8. The van der Waals surface area contributed by atoms with Crippen LogP contribution in [0.15, 0.2) is 30.5 Å². The van der Waals surface area contributed by atoms with Crippen molar-refractivity contribution in [1.29, 1.82) is 0 Å². The summed E-state index contributed by atoms with van der Waals surface area (Å²) in [5.41, 5.74) is 4.35. The Labute approximate surface area is 137 Å². The van der Waals surface area contributed by atoms with Crippen LogP contribution >= 0.6 is 11.3 Å². The van der Waals surface area contributed by atoms with Gasteiger partial charge in [0.1, 0.15) is 11.2 Å². The van der Waals surface area contributed by atoms with E-state index in [9.17, 15) is 4.79 Å². The fourth-order valence-corrected chi connectivity index (χ4v) is 5.08. The van der Waals surface area contributed by atoms with Gasteiger partial charge >= 0.3 is 0 Å². The third-order valence-corrected chi connectivity index (χ3v) is 6.10. The summed E-state index contributed by atoms with van der Waals surface area (Å²) in [6.07, 6.45) is 6.38. The van der Waals surface area contributed by atoms with Crippen molar-refractivity contribution in [3.8, 4) is 0 Å². The quantitative estimate of drug-likeness (QED) is 0.635. The lowest BCUT2D eigenvalue weighted by Gasteiger charge is -2.26. The summed E-state index contributed by atoms with van der Waals surface area (Å²) in [5, 5.41) is 8.87. The van der Waals surface area contributed by atoms with Crippen LogP contribution in [0.2, 0.25) is 0 Å². The molecule has 3 aromatic rings. The molecule has 2 aliphatic rings. The molecule has 0 saturated heterocycles. The van der Waals surface area contributed by atoms with Crippen LogP contribution in [-0.4, -0.2) is 10.9 Å². The van der Waals surface area contributed by atoms with Crippen molar-refractivity contribution in [2.75, 3.05) is 5.32 Å². The number of hydrogen-bond acceptors (Lipinski definition) is 3. The van der Waals surface area contributed by atoms with Crippen molar-refractivity contribution in [3.05, 3.63) is 52.0 Å². The van der Waals surface area contributed by atoms with Crippen molar-refractivity contribution in [2.45, 2.75) is 31.8 Å². The van der Waals surface area contributed by atoms with E-state index in [1.165, 1.54) is 23.3 Å². The van der Waals surface area contributed by atoms with E-state index in [1.807, 2.05) is 18.3 Å². The molecule has 1 aromatic carbocycles. The summed E-state index contributed by atoms with van der Waals surface area (Å²) >= 11 is 1.77. The molecule has 4 nitrogen and oxygen atoms in total. The van der Waals surface area contributed by atoms with Gasteiger partial charge in [0.15, 0.2) is 0 Å². The number of thiophene rings is 1. The van der Waals surface area contributed by atoms with Gasteiger partial charge in [-0.2, -0.15) is 0 Å². The maximum atomic E-state index is 12.7. The fraction of sp³-hybridized carbons (Fsp3) is 0.278. The molecule has 5 heteroatoms. The Hall–Kier alpha value is -2.27. The van der Waals surface area contributed by atoms with Crippen LogP contribution < -0.4 is 10.6 Å². The zero-order valence-corrected chi connectivity index (χ0v) is 13.4. The molecule has 1 aliphatic heterocycles. The van der Waals surface area contributed by atoms with Gasteiger partial charge < -0.3 is 15.6 Å². The molecular weight excluding hydrogens is 306 g/mol. The number of carbonyl (C=O) groups is 1. The van der Waals surface area contributed by atoms with Gasteiger partial charge in [-0.25, -0.2) is 0 Å². The van der Waals surface area contributed by atoms with Crippen molar-refractivity contribution in [1.82, 2.24) is 10.3 Å². The standard InChI is InChI=1S/C18H17N3OS/c22-17-15-11-6-2-4-8-14(11)23-18(15)21-16(20-17)12-9-19-13-7-3-1-5-10(12)13/h1,3,5,7,9,16,19,21H,2,4,6,8H2,(H,20,22)/t16-/m1/s1. The number of benzene rings is 1. The smallest absolute Gasteiger partial charge is 0.256 e. The van der Waals surface area contributed by atoms with Gasteiger partial charge in [0.05, 0.1) is 5.56 Å². The van der Waals surface area contributed by atoms with E-state index in [0.717, 1.165) is 39.9 Å². The van der Waals surface area contributed by atoms with Crippen LogP contribution in [-0.2, 0) is 12.8 Å². The lowest BCUT2D eigenvalue weighted by atomic mass is 9.94. The second-order valence-corrected chi connectivity index (χ2v) is 7.36. The average Bonchev–Trinajstić information content (AvgIpc) is 3.16. The van der Waals surface area contributed by atoms with Crippen molar-refractivity contribution >= 4 is 33.1 Å². The second-order valence-electron chi connectivity index (χ2n) is 6.26. The van der Waals surface area contributed by atoms with E-state index < -0.39 is 0 Å². The topological polar surface area (TPSA) is 56.9 Å². The average molecular weight is 323 g/mol.